The van der Waals surface area contributed by atoms with Gasteiger partial charge in [0.1, 0.15) is 0 Å². The summed E-state index contributed by atoms with van der Waals surface area (Å²) in [7, 11) is -4.31. The highest BCUT2D eigenvalue weighted by Gasteiger charge is 2.47. The average molecular weight is 377 g/mol. The second-order valence-corrected chi connectivity index (χ2v) is 9.13. The Hall–Kier alpha value is 0.110. The summed E-state index contributed by atoms with van der Waals surface area (Å²) in [6.07, 6.45) is 22.4. The van der Waals surface area contributed by atoms with Gasteiger partial charge in [-0.15, -0.1) is 0 Å². The predicted molar refractivity (Wildman–Crippen MR) is 105 cm³/mol. The van der Waals surface area contributed by atoms with Crippen LogP contribution in [0.25, 0.3) is 0 Å². The summed E-state index contributed by atoms with van der Waals surface area (Å²) in [5.74, 6) is 0. The highest BCUT2D eigenvalue weighted by Crippen LogP contribution is 2.54. The van der Waals surface area contributed by atoms with Crippen LogP contribution in [0.2, 0.25) is 0 Å². The van der Waals surface area contributed by atoms with Gasteiger partial charge in [0.25, 0.3) is 0 Å². The van der Waals surface area contributed by atoms with Crippen molar-refractivity contribution in [2.24, 2.45) is 0 Å². The van der Waals surface area contributed by atoms with E-state index in [4.69, 9.17) is 14.3 Å². The molecule has 4 nitrogen and oxygen atoms in total. The van der Waals surface area contributed by atoms with Gasteiger partial charge in [-0.25, -0.2) is 4.57 Å². The van der Waals surface area contributed by atoms with E-state index in [0.29, 0.717) is 0 Å². The molecular formula is C20H41O4P. The van der Waals surface area contributed by atoms with Crippen molar-refractivity contribution in [1.29, 1.82) is 0 Å². The van der Waals surface area contributed by atoms with E-state index in [0.717, 1.165) is 32.1 Å². The van der Waals surface area contributed by atoms with E-state index >= 15 is 0 Å². The summed E-state index contributed by atoms with van der Waals surface area (Å²) >= 11 is 0. The first-order valence-electron chi connectivity index (χ1n) is 10.7. The molecule has 2 N–H and O–H groups in total. The van der Waals surface area contributed by atoms with E-state index in [1.54, 1.807) is 0 Å². The zero-order valence-electron chi connectivity index (χ0n) is 16.4. The van der Waals surface area contributed by atoms with Crippen LogP contribution in [0.15, 0.2) is 0 Å². The van der Waals surface area contributed by atoms with Crippen LogP contribution in [0, 0.1) is 0 Å². The van der Waals surface area contributed by atoms with Crippen molar-refractivity contribution < 1.29 is 18.9 Å². The monoisotopic (exact) mass is 376 g/mol. The molecule has 0 radical (unpaired) electrons. The maximum absolute atomic E-state index is 10.9. The van der Waals surface area contributed by atoms with Gasteiger partial charge in [-0.3, -0.25) is 4.52 Å². The summed E-state index contributed by atoms with van der Waals surface area (Å²) in [6.45, 7) is 2.27. The fourth-order valence-corrected chi connectivity index (χ4v) is 4.38. The van der Waals surface area contributed by atoms with E-state index in [-0.39, 0.29) is 0 Å². The molecular weight excluding hydrogens is 335 g/mol. The van der Waals surface area contributed by atoms with Crippen LogP contribution in [-0.2, 0) is 9.09 Å². The molecule has 5 heteroatoms. The van der Waals surface area contributed by atoms with Crippen LogP contribution in [-0.4, -0.2) is 15.4 Å². The summed E-state index contributed by atoms with van der Waals surface area (Å²) in [4.78, 5) is 17.8. The third kappa shape index (κ3) is 13.9. The van der Waals surface area contributed by atoms with E-state index in [9.17, 15) is 4.57 Å². The first kappa shape index (κ1) is 23.1. The molecule has 0 atom stereocenters. The number of phosphoric acid groups is 1. The minimum Gasteiger partial charge on any atom is -0.303 e. The summed E-state index contributed by atoms with van der Waals surface area (Å²) in [5, 5.41) is 0. The van der Waals surface area contributed by atoms with Crippen LogP contribution >= 0.6 is 7.82 Å². The molecule has 1 saturated carbocycles. The van der Waals surface area contributed by atoms with Crippen LogP contribution in [0.3, 0.4) is 0 Å². The Morgan fingerprint density at radius 3 is 1.40 bits per heavy atom. The average Bonchev–Trinajstić information content (AvgIpc) is 3.28. The van der Waals surface area contributed by atoms with Crippen molar-refractivity contribution in [3.05, 3.63) is 0 Å². The van der Waals surface area contributed by atoms with E-state index in [1.807, 2.05) is 0 Å². The van der Waals surface area contributed by atoms with Crippen molar-refractivity contribution in [2.75, 3.05) is 0 Å². The van der Waals surface area contributed by atoms with Crippen molar-refractivity contribution in [2.45, 2.75) is 128 Å². The smallest absolute Gasteiger partial charge is 0.303 e. The van der Waals surface area contributed by atoms with Crippen molar-refractivity contribution >= 4 is 7.82 Å². The van der Waals surface area contributed by atoms with Crippen LogP contribution in [0.1, 0.15) is 122 Å². The van der Waals surface area contributed by atoms with Gasteiger partial charge in [-0.1, -0.05) is 103 Å². The molecule has 1 aliphatic rings. The highest BCUT2D eigenvalue weighted by molar-refractivity contribution is 7.46. The Bertz CT molecular complexity index is 363. The Balaban J connectivity index is 1.77. The second kappa shape index (κ2) is 13.3. The SMILES string of the molecule is CCCCCCCCCCCCCCCCCC1(OP(=O)(O)O)CC1. The lowest BCUT2D eigenvalue weighted by atomic mass is 10.0. The number of hydrogen-bond donors (Lipinski definition) is 2. The minimum atomic E-state index is -4.31. The molecule has 0 aromatic rings. The summed E-state index contributed by atoms with van der Waals surface area (Å²) in [5.41, 5.74) is -0.491. The van der Waals surface area contributed by atoms with Crippen LogP contribution < -0.4 is 0 Å². The Labute approximate surface area is 155 Å². The molecule has 0 spiro atoms. The zero-order valence-corrected chi connectivity index (χ0v) is 17.3. The van der Waals surface area contributed by atoms with Crippen LogP contribution in [0.5, 0.6) is 0 Å². The molecule has 0 bridgehead atoms. The molecule has 1 fully saturated rings. The van der Waals surface area contributed by atoms with E-state index in [1.165, 1.54) is 83.5 Å². The molecule has 25 heavy (non-hydrogen) atoms. The zero-order chi connectivity index (χ0) is 18.4. The van der Waals surface area contributed by atoms with Gasteiger partial charge in [-0.05, 0) is 19.3 Å². The fourth-order valence-electron chi connectivity index (χ4n) is 3.60. The quantitative estimate of drug-likeness (QED) is 0.202. The predicted octanol–water partition coefficient (Wildman–Crippen LogP) is 6.89. The summed E-state index contributed by atoms with van der Waals surface area (Å²) in [6, 6.07) is 0. The Morgan fingerprint density at radius 1 is 0.720 bits per heavy atom. The van der Waals surface area contributed by atoms with Crippen molar-refractivity contribution in [3.63, 3.8) is 0 Å². The normalized spacial score (nSPS) is 16.3. The second-order valence-electron chi connectivity index (χ2n) is 7.96. The van der Waals surface area contributed by atoms with Gasteiger partial charge >= 0.3 is 7.82 Å². The molecule has 0 heterocycles. The molecule has 150 valence electrons. The molecule has 1 aliphatic carbocycles. The fraction of sp³-hybridized carbons (Fsp3) is 1.00. The van der Waals surface area contributed by atoms with Gasteiger partial charge in [0.05, 0.1) is 5.60 Å². The summed E-state index contributed by atoms with van der Waals surface area (Å²) < 4.78 is 15.8. The molecule has 1 rings (SSSR count). The molecule has 0 aromatic carbocycles. The lowest BCUT2D eigenvalue weighted by Crippen LogP contribution is -2.12. The van der Waals surface area contributed by atoms with Gasteiger partial charge < -0.3 is 9.79 Å². The van der Waals surface area contributed by atoms with Crippen LogP contribution in [0.4, 0.5) is 0 Å². The molecule has 0 aromatic heterocycles. The highest BCUT2D eigenvalue weighted by atomic mass is 31.2. The number of phosphoric ester groups is 1. The molecule has 0 unspecified atom stereocenters. The topological polar surface area (TPSA) is 66.8 Å². The van der Waals surface area contributed by atoms with E-state index < -0.39 is 13.4 Å². The van der Waals surface area contributed by atoms with Crippen molar-refractivity contribution in [3.8, 4) is 0 Å². The number of unbranched alkanes of at least 4 members (excludes halogenated alkanes) is 14. The molecule has 0 aliphatic heterocycles. The van der Waals surface area contributed by atoms with Crippen molar-refractivity contribution in [1.82, 2.24) is 0 Å². The maximum atomic E-state index is 10.9. The van der Waals surface area contributed by atoms with Gasteiger partial charge in [0.15, 0.2) is 0 Å². The Kier molecular flexibility index (Phi) is 12.3. The first-order chi connectivity index (χ1) is 12.0. The number of rotatable bonds is 18. The van der Waals surface area contributed by atoms with Gasteiger partial charge in [-0.2, -0.15) is 0 Å². The largest absolute Gasteiger partial charge is 0.470 e. The third-order valence-corrected chi connectivity index (χ3v) is 5.98. The lowest BCUT2D eigenvalue weighted by molar-refractivity contribution is 0.106. The first-order valence-corrected chi connectivity index (χ1v) is 12.3. The molecule has 0 amide bonds. The van der Waals surface area contributed by atoms with Gasteiger partial charge in [0.2, 0.25) is 0 Å². The molecule has 0 saturated heterocycles. The maximum Gasteiger partial charge on any atom is 0.470 e. The number of hydrogen-bond acceptors (Lipinski definition) is 2. The van der Waals surface area contributed by atoms with E-state index in [2.05, 4.69) is 6.92 Å². The van der Waals surface area contributed by atoms with Gasteiger partial charge in [0, 0.05) is 0 Å². The lowest BCUT2D eigenvalue weighted by Gasteiger charge is -2.16. The minimum absolute atomic E-state index is 0.491. The third-order valence-electron chi connectivity index (χ3n) is 5.36. The Morgan fingerprint density at radius 2 is 1.08 bits per heavy atom. The standard InChI is InChI=1S/C20H41O4P/c1-2-3-4-5-6-7-8-9-10-11-12-13-14-15-16-17-20(18-19-20)24-25(21,22)23/h2-19H2,1H3,(H2,21,22,23).